The largest absolute Gasteiger partial charge is 0.473 e. The first-order valence-electron chi connectivity index (χ1n) is 5.46. The summed E-state index contributed by atoms with van der Waals surface area (Å²) in [5, 5.41) is 8.55. The standard InChI is InChI=1S/C11H13N3O3S/c15-4-5-16-6-7-17-11-10(13-18-14-11)9-2-1-3-12-8-9/h1-3,8,15H,4-7H2. The first-order chi connectivity index (χ1) is 8.92. The molecule has 0 amide bonds. The second-order valence-electron chi connectivity index (χ2n) is 3.34. The van der Waals surface area contributed by atoms with Crippen molar-refractivity contribution in [2.45, 2.75) is 0 Å². The molecule has 2 aromatic heterocycles. The zero-order valence-electron chi connectivity index (χ0n) is 9.65. The zero-order valence-corrected chi connectivity index (χ0v) is 10.5. The smallest absolute Gasteiger partial charge is 0.254 e. The van der Waals surface area contributed by atoms with E-state index in [0.717, 1.165) is 17.3 Å². The number of nitrogens with zero attached hydrogens (tertiary/aromatic N) is 3. The van der Waals surface area contributed by atoms with Crippen LogP contribution in [0.4, 0.5) is 0 Å². The molecular formula is C11H13N3O3S. The summed E-state index contributed by atoms with van der Waals surface area (Å²) in [7, 11) is 0. The molecule has 0 spiro atoms. The van der Waals surface area contributed by atoms with Crippen molar-refractivity contribution in [3.8, 4) is 17.1 Å². The Kier molecular flexibility index (Phi) is 5.00. The Hall–Kier alpha value is -1.57. The van der Waals surface area contributed by atoms with Gasteiger partial charge in [0.1, 0.15) is 12.3 Å². The number of aliphatic hydroxyl groups excluding tert-OH is 1. The van der Waals surface area contributed by atoms with Crippen molar-refractivity contribution in [3.05, 3.63) is 24.5 Å². The van der Waals surface area contributed by atoms with E-state index in [9.17, 15) is 0 Å². The Balaban J connectivity index is 1.92. The van der Waals surface area contributed by atoms with E-state index in [1.54, 1.807) is 12.4 Å². The van der Waals surface area contributed by atoms with Gasteiger partial charge in [0.05, 0.1) is 31.5 Å². The zero-order chi connectivity index (χ0) is 12.6. The molecule has 0 radical (unpaired) electrons. The lowest BCUT2D eigenvalue weighted by Gasteiger charge is -2.05. The van der Waals surface area contributed by atoms with Gasteiger partial charge in [-0.15, -0.1) is 4.37 Å². The SMILES string of the molecule is OCCOCCOc1nsnc1-c1cccnc1. The Morgan fingerprint density at radius 1 is 1.22 bits per heavy atom. The second kappa shape index (κ2) is 7.00. The molecule has 0 aliphatic heterocycles. The predicted octanol–water partition coefficient (Wildman–Crippen LogP) is 0.988. The molecule has 0 aliphatic rings. The molecule has 0 saturated heterocycles. The molecule has 0 atom stereocenters. The molecule has 96 valence electrons. The van der Waals surface area contributed by atoms with E-state index in [2.05, 4.69) is 13.7 Å². The molecule has 0 aliphatic carbocycles. The molecule has 0 fully saturated rings. The summed E-state index contributed by atoms with van der Waals surface area (Å²) in [6.07, 6.45) is 3.42. The number of hydrogen-bond acceptors (Lipinski definition) is 7. The van der Waals surface area contributed by atoms with Gasteiger partial charge in [-0.1, -0.05) is 0 Å². The first-order valence-corrected chi connectivity index (χ1v) is 6.19. The number of rotatable bonds is 7. The Bertz CT molecular complexity index is 464. The number of hydrogen-bond donors (Lipinski definition) is 1. The van der Waals surface area contributed by atoms with Crippen LogP contribution in [0.25, 0.3) is 11.3 Å². The molecule has 0 unspecified atom stereocenters. The molecule has 7 heteroatoms. The maximum Gasteiger partial charge on any atom is 0.254 e. The van der Waals surface area contributed by atoms with Crippen LogP contribution in [0.2, 0.25) is 0 Å². The third-order valence-corrected chi connectivity index (χ3v) is 2.61. The van der Waals surface area contributed by atoms with Gasteiger partial charge in [-0.25, -0.2) is 0 Å². The molecule has 0 bridgehead atoms. The highest BCUT2D eigenvalue weighted by molar-refractivity contribution is 6.99. The summed E-state index contributed by atoms with van der Waals surface area (Å²) in [5.74, 6) is 0.487. The highest BCUT2D eigenvalue weighted by Crippen LogP contribution is 2.26. The average molecular weight is 267 g/mol. The van der Waals surface area contributed by atoms with Crippen LogP contribution in [0.1, 0.15) is 0 Å². The predicted molar refractivity (Wildman–Crippen MR) is 66.5 cm³/mol. The third-order valence-electron chi connectivity index (χ3n) is 2.10. The topological polar surface area (TPSA) is 77.4 Å². The van der Waals surface area contributed by atoms with E-state index in [4.69, 9.17) is 14.6 Å². The van der Waals surface area contributed by atoms with Crippen LogP contribution in [0.3, 0.4) is 0 Å². The first kappa shape index (κ1) is 12.9. The number of aromatic nitrogens is 3. The fourth-order valence-corrected chi connectivity index (χ4v) is 1.84. The number of ether oxygens (including phenoxy) is 2. The number of aliphatic hydroxyl groups is 1. The molecule has 0 saturated carbocycles. The summed E-state index contributed by atoms with van der Waals surface area (Å²) in [6, 6.07) is 3.74. The Morgan fingerprint density at radius 3 is 2.94 bits per heavy atom. The Morgan fingerprint density at radius 2 is 2.17 bits per heavy atom. The van der Waals surface area contributed by atoms with Crippen molar-refractivity contribution in [3.63, 3.8) is 0 Å². The molecule has 1 N–H and O–H groups in total. The summed E-state index contributed by atoms with van der Waals surface area (Å²) < 4.78 is 18.8. The van der Waals surface area contributed by atoms with Crippen LogP contribution >= 0.6 is 11.7 Å². The summed E-state index contributed by atoms with van der Waals surface area (Å²) in [5.41, 5.74) is 1.56. The van der Waals surface area contributed by atoms with Crippen LogP contribution in [0, 0.1) is 0 Å². The minimum absolute atomic E-state index is 0.0131. The van der Waals surface area contributed by atoms with Gasteiger partial charge in [-0.05, 0) is 12.1 Å². The van der Waals surface area contributed by atoms with E-state index in [1.165, 1.54) is 0 Å². The van der Waals surface area contributed by atoms with Crippen molar-refractivity contribution in [1.82, 2.24) is 13.7 Å². The Labute approximate surface area is 109 Å². The van der Waals surface area contributed by atoms with Crippen molar-refractivity contribution in [2.75, 3.05) is 26.4 Å². The van der Waals surface area contributed by atoms with E-state index in [1.807, 2.05) is 12.1 Å². The van der Waals surface area contributed by atoms with Crippen LogP contribution in [0.15, 0.2) is 24.5 Å². The summed E-state index contributed by atoms with van der Waals surface area (Å²) in [4.78, 5) is 4.03. The van der Waals surface area contributed by atoms with Gasteiger partial charge < -0.3 is 14.6 Å². The maximum atomic E-state index is 8.55. The minimum atomic E-state index is 0.0131. The summed E-state index contributed by atoms with van der Waals surface area (Å²) in [6.45, 7) is 1.11. The van der Waals surface area contributed by atoms with E-state index in [-0.39, 0.29) is 6.61 Å². The molecule has 18 heavy (non-hydrogen) atoms. The molecule has 2 heterocycles. The fraction of sp³-hybridized carbons (Fsp3) is 0.364. The molecule has 0 aromatic carbocycles. The highest BCUT2D eigenvalue weighted by Gasteiger charge is 2.11. The molecule has 2 rings (SSSR count). The average Bonchev–Trinajstić information content (AvgIpc) is 2.88. The molecule has 6 nitrogen and oxygen atoms in total. The van der Waals surface area contributed by atoms with Crippen molar-refractivity contribution in [1.29, 1.82) is 0 Å². The normalized spacial score (nSPS) is 10.5. The van der Waals surface area contributed by atoms with Gasteiger partial charge in [0.25, 0.3) is 5.88 Å². The second-order valence-corrected chi connectivity index (χ2v) is 3.87. The maximum absolute atomic E-state index is 8.55. The monoisotopic (exact) mass is 267 g/mol. The van der Waals surface area contributed by atoms with Crippen molar-refractivity contribution in [2.24, 2.45) is 0 Å². The summed E-state index contributed by atoms with van der Waals surface area (Å²) >= 11 is 1.10. The lowest BCUT2D eigenvalue weighted by atomic mass is 10.2. The van der Waals surface area contributed by atoms with E-state index >= 15 is 0 Å². The van der Waals surface area contributed by atoms with Crippen LogP contribution in [0.5, 0.6) is 5.88 Å². The van der Waals surface area contributed by atoms with Crippen molar-refractivity contribution >= 4 is 11.7 Å². The minimum Gasteiger partial charge on any atom is -0.473 e. The van der Waals surface area contributed by atoms with E-state index in [0.29, 0.717) is 31.4 Å². The van der Waals surface area contributed by atoms with Gasteiger partial charge in [0.15, 0.2) is 0 Å². The van der Waals surface area contributed by atoms with Gasteiger partial charge in [0.2, 0.25) is 0 Å². The molecular weight excluding hydrogens is 254 g/mol. The fourth-order valence-electron chi connectivity index (χ4n) is 1.32. The lowest BCUT2D eigenvalue weighted by Crippen LogP contribution is -2.09. The molecule has 2 aromatic rings. The van der Waals surface area contributed by atoms with E-state index < -0.39 is 0 Å². The van der Waals surface area contributed by atoms with Gasteiger partial charge >= 0.3 is 0 Å². The quantitative estimate of drug-likeness (QED) is 0.754. The third kappa shape index (κ3) is 3.46. The van der Waals surface area contributed by atoms with Crippen LogP contribution < -0.4 is 4.74 Å². The van der Waals surface area contributed by atoms with Crippen molar-refractivity contribution < 1.29 is 14.6 Å². The van der Waals surface area contributed by atoms with Crippen LogP contribution in [-0.2, 0) is 4.74 Å². The van der Waals surface area contributed by atoms with Gasteiger partial charge in [-0.2, -0.15) is 4.37 Å². The lowest BCUT2D eigenvalue weighted by molar-refractivity contribution is 0.0698. The number of pyridine rings is 1. The highest BCUT2D eigenvalue weighted by atomic mass is 32.1. The van der Waals surface area contributed by atoms with Gasteiger partial charge in [-0.3, -0.25) is 4.98 Å². The van der Waals surface area contributed by atoms with Gasteiger partial charge in [0, 0.05) is 18.0 Å². The van der Waals surface area contributed by atoms with Crippen LogP contribution in [-0.4, -0.2) is 45.3 Å².